The fourth-order valence-corrected chi connectivity index (χ4v) is 14.1. The number of hydrogen-bond donors (Lipinski definition) is 0. The largest absolute Gasteiger partial charge is 0.449 e. The first-order chi connectivity index (χ1) is 22.7. The van der Waals surface area contributed by atoms with Crippen LogP contribution in [0.3, 0.4) is 0 Å². The van der Waals surface area contributed by atoms with Crippen molar-refractivity contribution < 1.29 is 4.12 Å². The van der Waals surface area contributed by atoms with E-state index in [9.17, 15) is 0 Å². The first-order valence-corrected chi connectivity index (χ1v) is 23.6. The van der Waals surface area contributed by atoms with E-state index in [4.69, 9.17) is 4.12 Å². The first-order valence-electron chi connectivity index (χ1n) is 17.6. The zero-order valence-corrected chi connectivity index (χ0v) is 30.6. The second-order valence-corrected chi connectivity index (χ2v) is 22.7. The number of fused-ring (bicyclic) bond motifs is 4. The molecule has 0 bridgehead atoms. The Morgan fingerprint density at radius 3 is 0.915 bits per heavy atom. The van der Waals surface area contributed by atoms with Crippen LogP contribution >= 0.6 is 0 Å². The Hall–Kier alpha value is -3.77. The molecule has 0 spiro atoms. The van der Waals surface area contributed by atoms with Gasteiger partial charge in [0, 0.05) is 0 Å². The lowest BCUT2D eigenvalue weighted by atomic mass is 9.87. The third-order valence-corrected chi connectivity index (χ3v) is 16.3. The zero-order chi connectivity index (χ0) is 32.4. The van der Waals surface area contributed by atoms with E-state index in [1.54, 1.807) is 0 Å². The van der Waals surface area contributed by atoms with Crippen molar-refractivity contribution in [2.24, 2.45) is 0 Å². The highest BCUT2D eigenvalue weighted by atomic mass is 28.4. The van der Waals surface area contributed by atoms with Gasteiger partial charge in [-0.1, -0.05) is 121 Å². The Morgan fingerprint density at radius 1 is 0.383 bits per heavy atom. The number of allylic oxidation sites excluding steroid dienone is 2. The van der Waals surface area contributed by atoms with E-state index in [1.165, 1.54) is 118 Å². The summed E-state index contributed by atoms with van der Waals surface area (Å²) >= 11 is 0. The molecule has 0 saturated heterocycles. The van der Waals surface area contributed by atoms with Crippen LogP contribution in [0, 0.1) is 0 Å². The van der Waals surface area contributed by atoms with Gasteiger partial charge in [0.2, 0.25) is 0 Å². The van der Waals surface area contributed by atoms with Gasteiger partial charge in [-0.15, -0.1) is 0 Å². The lowest BCUT2D eigenvalue weighted by molar-refractivity contribution is 0.571. The maximum absolute atomic E-state index is 6.71. The summed E-state index contributed by atoms with van der Waals surface area (Å²) in [6.07, 6.45) is 23.2. The van der Waals surface area contributed by atoms with Crippen molar-refractivity contribution in [3.8, 4) is 0 Å². The highest BCUT2D eigenvalue weighted by molar-refractivity contribution is 6.90. The van der Waals surface area contributed by atoms with Crippen LogP contribution in [-0.4, -0.2) is 16.6 Å². The van der Waals surface area contributed by atoms with E-state index in [0.29, 0.717) is 0 Å². The second kappa shape index (κ2) is 13.4. The molecule has 0 unspecified atom stereocenters. The summed E-state index contributed by atoms with van der Waals surface area (Å²) in [5, 5.41) is 0. The van der Waals surface area contributed by atoms with E-state index in [1.807, 2.05) is 0 Å². The van der Waals surface area contributed by atoms with Gasteiger partial charge in [0.25, 0.3) is 0 Å². The highest BCUT2D eigenvalue weighted by Gasteiger charge is 2.29. The Bertz CT molecular complexity index is 1780. The molecule has 47 heavy (non-hydrogen) atoms. The van der Waals surface area contributed by atoms with Gasteiger partial charge in [-0.05, 0) is 144 Å². The molecule has 0 saturated carbocycles. The minimum Gasteiger partial charge on any atom is -0.449 e. The second-order valence-electron chi connectivity index (χ2n) is 14.8. The molecule has 0 aromatic heterocycles. The van der Waals surface area contributed by atoms with Crippen molar-refractivity contribution in [2.75, 3.05) is 0 Å². The molecule has 0 N–H and O–H groups in total. The minimum absolute atomic E-state index is 1.24. The Kier molecular flexibility index (Phi) is 9.06. The van der Waals surface area contributed by atoms with Crippen LogP contribution in [0.2, 0.25) is 26.2 Å². The van der Waals surface area contributed by atoms with Crippen LogP contribution in [0.1, 0.15) is 66.8 Å². The number of aryl methyl sites for hydroxylation is 8. The van der Waals surface area contributed by atoms with Gasteiger partial charge in [0.1, 0.15) is 0 Å². The smallest absolute Gasteiger partial charge is 0.198 e. The van der Waals surface area contributed by atoms with Gasteiger partial charge < -0.3 is 4.12 Å². The van der Waals surface area contributed by atoms with E-state index < -0.39 is 16.6 Å². The number of rotatable bonds is 9. The van der Waals surface area contributed by atoms with Crippen molar-refractivity contribution in [1.29, 1.82) is 0 Å². The lowest BCUT2D eigenvalue weighted by Crippen LogP contribution is -2.42. The molecular weight excluding hydrogens is 601 g/mol. The average Bonchev–Trinajstić information content (AvgIpc) is 2.97. The third-order valence-electron chi connectivity index (χ3n) is 10.1. The molecule has 0 fully saturated rings. The van der Waals surface area contributed by atoms with E-state index in [0.717, 1.165) is 0 Å². The Labute approximate surface area is 284 Å². The number of benzene rings is 4. The zero-order valence-electron chi connectivity index (χ0n) is 28.6. The van der Waals surface area contributed by atoms with Gasteiger partial charge >= 0.3 is 0 Å². The SMILES string of the molecule is C(C=Cc1ccc2c(c1)CC2)=Cc1ccc2c(c1)CC2.C[Si](C)(/C=C/c1ccc2c(c1)CC2)O[Si](C)(C)/C=C/c1ccc2c(c1)CC2. The van der Waals surface area contributed by atoms with E-state index >= 15 is 0 Å². The molecule has 238 valence electrons. The standard InChI is InChI=1S/C24H30OSi2.C20H18/c1-26(2,15-13-19-5-7-21-9-11-23(21)17-19)25-27(3,4)16-14-20-6-8-22-10-12-24(22)18-20;1(3-15-5-7-17-9-11-19(17)13-15)2-4-16-6-8-18-10-12-20(18)14-16/h5-8,13-18H,9-12H2,1-4H3;1-8,13-14H,9-12H2/b15-13+,16-14+;. The molecule has 4 aromatic carbocycles. The average molecular weight is 649 g/mol. The van der Waals surface area contributed by atoms with Gasteiger partial charge in [-0.25, -0.2) is 0 Å². The lowest BCUT2D eigenvalue weighted by Gasteiger charge is -2.30. The van der Waals surface area contributed by atoms with Crippen LogP contribution in [0.25, 0.3) is 24.3 Å². The van der Waals surface area contributed by atoms with E-state index in [-0.39, 0.29) is 0 Å². The molecule has 8 rings (SSSR count). The van der Waals surface area contributed by atoms with Crippen molar-refractivity contribution in [3.63, 3.8) is 0 Å². The molecule has 0 amide bonds. The summed E-state index contributed by atoms with van der Waals surface area (Å²) in [5.74, 6) is 0. The first kappa shape index (κ1) is 31.8. The monoisotopic (exact) mass is 648 g/mol. The van der Waals surface area contributed by atoms with Crippen molar-refractivity contribution in [2.45, 2.75) is 77.6 Å². The van der Waals surface area contributed by atoms with Gasteiger partial charge in [-0.2, -0.15) is 0 Å². The summed E-state index contributed by atoms with van der Waals surface area (Å²) in [4.78, 5) is 0. The fraction of sp³-hybridized carbons (Fsp3) is 0.273. The maximum Gasteiger partial charge on any atom is 0.198 e. The third kappa shape index (κ3) is 7.86. The Balaban J connectivity index is 0.000000156. The number of hydrogen-bond acceptors (Lipinski definition) is 1. The predicted octanol–water partition coefficient (Wildman–Crippen LogP) is 10.7. The van der Waals surface area contributed by atoms with Gasteiger partial charge in [-0.3, -0.25) is 0 Å². The Morgan fingerprint density at radius 2 is 0.660 bits per heavy atom. The molecule has 4 aliphatic carbocycles. The van der Waals surface area contributed by atoms with Gasteiger partial charge in [0.05, 0.1) is 0 Å². The molecule has 4 aliphatic rings. The summed E-state index contributed by atoms with van der Waals surface area (Å²) in [5.41, 5.74) is 22.1. The van der Waals surface area contributed by atoms with Crippen molar-refractivity contribution in [1.82, 2.24) is 0 Å². The quantitative estimate of drug-likeness (QED) is 0.130. The summed E-state index contributed by atoms with van der Waals surface area (Å²) in [7, 11) is -3.70. The van der Waals surface area contributed by atoms with Gasteiger partial charge in [0.15, 0.2) is 16.6 Å². The molecule has 1 nitrogen and oxygen atoms in total. The van der Waals surface area contributed by atoms with Crippen LogP contribution in [0.5, 0.6) is 0 Å². The summed E-state index contributed by atoms with van der Waals surface area (Å²) < 4.78 is 6.71. The molecule has 3 heteroatoms. The maximum atomic E-state index is 6.71. The van der Waals surface area contributed by atoms with Crippen LogP contribution < -0.4 is 0 Å². The molecule has 0 atom stereocenters. The highest BCUT2D eigenvalue weighted by Crippen LogP contribution is 2.28. The molecule has 0 aliphatic heterocycles. The summed E-state index contributed by atoms with van der Waals surface area (Å²) in [6, 6.07) is 27.3. The van der Waals surface area contributed by atoms with E-state index in [2.05, 4.69) is 147 Å². The molecule has 4 aromatic rings. The predicted molar refractivity (Wildman–Crippen MR) is 208 cm³/mol. The van der Waals surface area contributed by atoms with Crippen LogP contribution in [0.15, 0.2) is 96.3 Å². The topological polar surface area (TPSA) is 9.23 Å². The minimum atomic E-state index is -1.85. The van der Waals surface area contributed by atoms with Crippen molar-refractivity contribution >= 4 is 40.9 Å². The van der Waals surface area contributed by atoms with Crippen LogP contribution in [-0.2, 0) is 55.5 Å². The molecule has 0 heterocycles. The molecule has 0 radical (unpaired) electrons. The van der Waals surface area contributed by atoms with Crippen LogP contribution in [0.4, 0.5) is 0 Å². The summed E-state index contributed by atoms with van der Waals surface area (Å²) in [6.45, 7) is 9.22. The van der Waals surface area contributed by atoms with Crippen molar-refractivity contribution in [3.05, 3.63) is 163 Å². The molecular formula is C44H48OSi2. The fourth-order valence-electron chi connectivity index (χ4n) is 6.95. The normalized spacial score (nSPS) is 16.0.